The molecule has 0 saturated carbocycles. The van der Waals surface area contributed by atoms with Crippen molar-refractivity contribution in [2.75, 3.05) is 19.8 Å². The van der Waals surface area contributed by atoms with Gasteiger partial charge in [0.2, 0.25) is 5.91 Å². The van der Waals surface area contributed by atoms with Crippen LogP contribution >= 0.6 is 0 Å². The summed E-state index contributed by atoms with van der Waals surface area (Å²) in [6.45, 7) is 2.83. The van der Waals surface area contributed by atoms with Gasteiger partial charge >= 0.3 is 0 Å². The Morgan fingerprint density at radius 1 is 0.419 bits per heavy atom. The summed E-state index contributed by atoms with van der Waals surface area (Å²) in [7, 11) is 0. The quantitative estimate of drug-likeness (QED) is 0.0204. The highest BCUT2D eigenvalue weighted by Gasteiger charge is 2.51. The van der Waals surface area contributed by atoms with Gasteiger partial charge in [0.05, 0.1) is 32.0 Å². The van der Waals surface area contributed by atoms with Crippen molar-refractivity contribution in [2.24, 2.45) is 0 Å². The maximum atomic E-state index is 13.3. The van der Waals surface area contributed by atoms with Crippen LogP contribution in [0, 0.1) is 0 Å². The van der Waals surface area contributed by atoms with Crippen LogP contribution < -0.4 is 5.32 Å². The molecule has 0 radical (unpaired) electrons. The summed E-state index contributed by atoms with van der Waals surface area (Å²) >= 11 is 0. The normalized spacial score (nSPS) is 23.7. The van der Waals surface area contributed by atoms with Gasteiger partial charge in [-0.1, -0.05) is 294 Å². The average Bonchev–Trinajstić information content (AvgIpc) is 2.63. The summed E-state index contributed by atoms with van der Waals surface area (Å²) in [5, 5.41) is 87.4. The van der Waals surface area contributed by atoms with Crippen molar-refractivity contribution >= 4 is 5.91 Å². The number of nitrogens with one attached hydrogen (secondary N) is 1. The fourth-order valence-corrected chi connectivity index (χ4v) is 11.8. The monoisotopic (exact) mass is 1220 g/mol. The predicted molar refractivity (Wildman–Crippen MR) is 351 cm³/mol. The second-order valence-electron chi connectivity index (χ2n) is 25.4. The van der Waals surface area contributed by atoms with Gasteiger partial charge in [-0.05, 0) is 57.8 Å². The molecule has 14 heteroatoms. The third-order valence-electron chi connectivity index (χ3n) is 17.5. The van der Waals surface area contributed by atoms with Gasteiger partial charge in [-0.2, -0.15) is 0 Å². The van der Waals surface area contributed by atoms with E-state index in [9.17, 15) is 45.6 Å². The number of rotatable bonds is 59. The van der Waals surface area contributed by atoms with Crippen molar-refractivity contribution in [3.63, 3.8) is 0 Å². The molecule has 12 unspecified atom stereocenters. The summed E-state index contributed by atoms with van der Waals surface area (Å²) in [5.74, 6) is -0.235. The van der Waals surface area contributed by atoms with Crippen LogP contribution in [0.1, 0.15) is 309 Å². The number of hydrogen-bond donors (Lipinski definition) is 9. The van der Waals surface area contributed by atoms with Gasteiger partial charge in [0.15, 0.2) is 12.6 Å². The Hall–Kier alpha value is -2.05. The number of amides is 1. The summed E-state index contributed by atoms with van der Waals surface area (Å²) in [5.41, 5.74) is 0. The molecule has 0 bridgehead atoms. The predicted octanol–water partition coefficient (Wildman–Crippen LogP) is 14.7. The fourth-order valence-electron chi connectivity index (χ4n) is 11.8. The number of aliphatic hydroxyl groups is 8. The van der Waals surface area contributed by atoms with Crippen molar-refractivity contribution in [3.8, 4) is 0 Å². The SMILES string of the molecule is CCCCCCC/C=C\C/C=C\C/C=C\CCCCCCCCCCCCCCCCCCCCC(=O)NC(COC1OC(CO)C(OC2OC(CO)C(O)C(O)C2O)C(O)C1O)C(O)/C=C/CCCCCCCCCCCCCCCCCCC. The summed E-state index contributed by atoms with van der Waals surface area (Å²) < 4.78 is 22.9. The molecule has 12 atom stereocenters. The topological polar surface area (TPSA) is 228 Å². The molecule has 0 spiro atoms. The lowest BCUT2D eigenvalue weighted by atomic mass is 9.97. The molecular weight excluding hydrogens is 1090 g/mol. The van der Waals surface area contributed by atoms with E-state index in [1.807, 2.05) is 6.08 Å². The first-order valence-electron chi connectivity index (χ1n) is 35.9. The zero-order valence-electron chi connectivity index (χ0n) is 54.8. The lowest BCUT2D eigenvalue weighted by Gasteiger charge is -2.46. The molecule has 0 aromatic rings. The number of carbonyl (C=O) groups excluding carboxylic acids is 1. The Balaban J connectivity index is 1.64. The second-order valence-corrected chi connectivity index (χ2v) is 25.4. The Kier molecular flexibility index (Phi) is 53.0. The summed E-state index contributed by atoms with van der Waals surface area (Å²) in [6.07, 6.45) is 57.4. The van der Waals surface area contributed by atoms with Gasteiger partial charge in [0, 0.05) is 6.42 Å². The molecule has 14 nitrogen and oxygen atoms in total. The van der Waals surface area contributed by atoms with Gasteiger partial charge in [0.1, 0.15) is 48.8 Å². The van der Waals surface area contributed by atoms with Crippen LogP contribution in [0.25, 0.3) is 0 Å². The molecule has 86 heavy (non-hydrogen) atoms. The minimum absolute atomic E-state index is 0.235. The molecule has 2 aliphatic rings. The summed E-state index contributed by atoms with van der Waals surface area (Å²) in [4.78, 5) is 13.3. The van der Waals surface area contributed by atoms with E-state index in [-0.39, 0.29) is 18.9 Å². The zero-order valence-corrected chi connectivity index (χ0v) is 54.8. The van der Waals surface area contributed by atoms with Gasteiger partial charge in [-0.3, -0.25) is 4.79 Å². The number of carbonyl (C=O) groups is 1. The summed E-state index contributed by atoms with van der Waals surface area (Å²) in [6, 6.07) is -0.915. The second kappa shape index (κ2) is 56.9. The van der Waals surface area contributed by atoms with Crippen molar-refractivity contribution in [2.45, 2.75) is 383 Å². The van der Waals surface area contributed by atoms with Crippen LogP contribution in [0.5, 0.6) is 0 Å². The first-order chi connectivity index (χ1) is 42.1. The van der Waals surface area contributed by atoms with E-state index >= 15 is 0 Å². The van der Waals surface area contributed by atoms with Crippen molar-refractivity contribution in [1.29, 1.82) is 0 Å². The maximum Gasteiger partial charge on any atom is 0.220 e. The Bertz CT molecular complexity index is 1630. The smallest absolute Gasteiger partial charge is 0.220 e. The van der Waals surface area contributed by atoms with Crippen molar-refractivity contribution < 1.29 is 64.6 Å². The number of ether oxygens (including phenoxy) is 4. The highest BCUT2D eigenvalue weighted by molar-refractivity contribution is 5.76. The minimum Gasteiger partial charge on any atom is -0.394 e. The van der Waals surface area contributed by atoms with E-state index in [2.05, 4.69) is 55.6 Å². The zero-order chi connectivity index (χ0) is 62.3. The van der Waals surface area contributed by atoms with Crippen LogP contribution in [0.2, 0.25) is 0 Å². The lowest BCUT2D eigenvalue weighted by Crippen LogP contribution is -2.65. The van der Waals surface area contributed by atoms with Crippen molar-refractivity contribution in [1.82, 2.24) is 5.32 Å². The molecule has 1 amide bonds. The molecular formula is C72H133NO13. The fraction of sp³-hybridized carbons (Fsp3) is 0.875. The minimum atomic E-state index is -1.79. The van der Waals surface area contributed by atoms with Crippen LogP contribution in [0.15, 0.2) is 48.6 Å². The van der Waals surface area contributed by atoms with Gasteiger partial charge < -0.3 is 65.1 Å². The Labute approximate surface area is 524 Å². The first-order valence-corrected chi connectivity index (χ1v) is 35.9. The number of aliphatic hydroxyl groups excluding tert-OH is 8. The molecule has 0 aliphatic carbocycles. The highest BCUT2D eigenvalue weighted by Crippen LogP contribution is 2.30. The van der Waals surface area contributed by atoms with Gasteiger partial charge in [0.25, 0.3) is 0 Å². The molecule has 2 fully saturated rings. The van der Waals surface area contributed by atoms with E-state index in [0.29, 0.717) is 6.42 Å². The van der Waals surface area contributed by atoms with Crippen molar-refractivity contribution in [3.05, 3.63) is 48.6 Å². The van der Waals surface area contributed by atoms with Crippen LogP contribution in [-0.4, -0.2) is 140 Å². The molecule has 2 aliphatic heterocycles. The number of hydrogen-bond acceptors (Lipinski definition) is 13. The third kappa shape index (κ3) is 40.6. The van der Waals surface area contributed by atoms with E-state index in [4.69, 9.17) is 18.9 Å². The van der Waals surface area contributed by atoms with Crippen LogP contribution in [-0.2, 0) is 23.7 Å². The third-order valence-corrected chi connectivity index (χ3v) is 17.5. The maximum absolute atomic E-state index is 13.3. The molecule has 504 valence electrons. The van der Waals surface area contributed by atoms with Crippen LogP contribution in [0.3, 0.4) is 0 Å². The van der Waals surface area contributed by atoms with Gasteiger partial charge in [-0.15, -0.1) is 0 Å². The van der Waals surface area contributed by atoms with Gasteiger partial charge in [-0.25, -0.2) is 0 Å². The lowest BCUT2D eigenvalue weighted by molar-refractivity contribution is -0.359. The largest absolute Gasteiger partial charge is 0.394 e. The molecule has 0 aromatic heterocycles. The van der Waals surface area contributed by atoms with Crippen LogP contribution in [0.4, 0.5) is 0 Å². The molecule has 2 heterocycles. The van der Waals surface area contributed by atoms with E-state index in [1.165, 1.54) is 231 Å². The molecule has 9 N–H and O–H groups in total. The van der Waals surface area contributed by atoms with E-state index in [1.54, 1.807) is 6.08 Å². The average molecular weight is 1220 g/mol. The van der Waals surface area contributed by atoms with E-state index < -0.39 is 86.8 Å². The Morgan fingerprint density at radius 3 is 1.17 bits per heavy atom. The number of allylic oxidation sites excluding steroid dienone is 7. The first kappa shape index (κ1) is 80.0. The highest BCUT2D eigenvalue weighted by atomic mass is 16.7. The molecule has 2 rings (SSSR count). The standard InChI is InChI=1S/C72H133NO13/c1-3-5-7-9-11-13-15-17-19-21-23-24-25-26-27-28-29-30-31-32-33-34-35-36-38-40-42-44-46-48-50-52-54-56-64(77)73-60(61(76)55-53-51-49-47-45-43-41-39-37-22-20-18-16-14-12-10-8-6-4-2)59-83-71-69(82)67(80)70(63(58-75)85-71)86-72-68(81)66(79)65(78)62(57-74)84-72/h15,17,21,23,25-26,53,55,60-63,65-72,74-76,78-82H,3-14,16,18-20,22,24,27-52,54,56-59H2,1-2H3,(H,73,77)/b17-15-,23-21-,26-25-,55-53+. The molecule has 0 aromatic carbocycles. The van der Waals surface area contributed by atoms with E-state index in [0.717, 1.165) is 51.4 Å². The number of unbranched alkanes of at least 4 members (excludes halogenated alkanes) is 40. The molecule has 2 saturated heterocycles. The Morgan fingerprint density at radius 2 is 0.767 bits per heavy atom.